The second kappa shape index (κ2) is 5.08. The first-order valence-corrected chi connectivity index (χ1v) is 5.73. The van der Waals surface area contributed by atoms with Gasteiger partial charge in [0.1, 0.15) is 0 Å². The molecule has 0 bridgehead atoms. The molecule has 0 aliphatic carbocycles. The minimum Gasteiger partial charge on any atom is -0.494 e. The van der Waals surface area contributed by atoms with E-state index in [9.17, 15) is 4.39 Å². The summed E-state index contributed by atoms with van der Waals surface area (Å²) in [6, 6.07) is 12.9. The van der Waals surface area contributed by atoms with Gasteiger partial charge < -0.3 is 9.64 Å². The van der Waals surface area contributed by atoms with Gasteiger partial charge in [-0.25, -0.2) is 4.39 Å². The first-order valence-electron chi connectivity index (χ1n) is 5.73. The molecule has 2 nitrogen and oxygen atoms in total. The van der Waals surface area contributed by atoms with Crippen molar-refractivity contribution in [3.8, 4) is 16.9 Å². The van der Waals surface area contributed by atoms with Crippen LogP contribution in [0.2, 0.25) is 0 Å². The van der Waals surface area contributed by atoms with Gasteiger partial charge in [0.05, 0.1) is 7.11 Å². The van der Waals surface area contributed by atoms with Gasteiger partial charge in [-0.1, -0.05) is 24.3 Å². The summed E-state index contributed by atoms with van der Waals surface area (Å²) < 4.78 is 19.1. The minimum atomic E-state index is -0.322. The average Bonchev–Trinajstić information content (AvgIpc) is 2.39. The SMILES string of the molecule is COc1cccc(-c2ccc(N(C)C)cc2)c1F. The van der Waals surface area contributed by atoms with Crippen LogP contribution in [0.5, 0.6) is 5.75 Å². The third-order valence-electron chi connectivity index (χ3n) is 2.88. The molecule has 0 heterocycles. The predicted molar refractivity (Wildman–Crippen MR) is 72.7 cm³/mol. The van der Waals surface area contributed by atoms with Crippen LogP contribution in [0.25, 0.3) is 11.1 Å². The zero-order chi connectivity index (χ0) is 13.1. The maximum absolute atomic E-state index is 14.1. The molecule has 0 saturated heterocycles. The van der Waals surface area contributed by atoms with Gasteiger partial charge in [0, 0.05) is 25.3 Å². The highest BCUT2D eigenvalue weighted by Crippen LogP contribution is 2.29. The van der Waals surface area contributed by atoms with Crippen molar-refractivity contribution in [1.29, 1.82) is 0 Å². The molecule has 0 aromatic heterocycles. The lowest BCUT2D eigenvalue weighted by Crippen LogP contribution is -2.07. The Morgan fingerprint density at radius 2 is 1.67 bits per heavy atom. The van der Waals surface area contributed by atoms with Crippen molar-refractivity contribution in [3.05, 3.63) is 48.3 Å². The van der Waals surface area contributed by atoms with Crippen molar-refractivity contribution in [2.24, 2.45) is 0 Å². The summed E-state index contributed by atoms with van der Waals surface area (Å²) in [6.45, 7) is 0. The monoisotopic (exact) mass is 245 g/mol. The molecule has 18 heavy (non-hydrogen) atoms. The lowest BCUT2D eigenvalue weighted by Gasteiger charge is -2.13. The lowest BCUT2D eigenvalue weighted by atomic mass is 10.0. The predicted octanol–water partition coefficient (Wildman–Crippen LogP) is 3.57. The molecule has 0 amide bonds. The van der Waals surface area contributed by atoms with Gasteiger partial charge in [0.25, 0.3) is 0 Å². The molecule has 0 N–H and O–H groups in total. The fraction of sp³-hybridized carbons (Fsp3) is 0.200. The van der Waals surface area contributed by atoms with Gasteiger partial charge in [-0.15, -0.1) is 0 Å². The quantitative estimate of drug-likeness (QED) is 0.819. The normalized spacial score (nSPS) is 10.2. The fourth-order valence-corrected chi connectivity index (χ4v) is 1.83. The van der Waals surface area contributed by atoms with E-state index in [0.717, 1.165) is 11.3 Å². The molecule has 0 atom stereocenters. The van der Waals surface area contributed by atoms with Crippen molar-refractivity contribution in [2.45, 2.75) is 0 Å². The Morgan fingerprint density at radius 3 is 2.22 bits per heavy atom. The molecule has 2 rings (SSSR count). The van der Waals surface area contributed by atoms with Gasteiger partial charge in [0.2, 0.25) is 0 Å². The van der Waals surface area contributed by atoms with Crippen LogP contribution in [0, 0.1) is 5.82 Å². The van der Waals surface area contributed by atoms with E-state index in [1.807, 2.05) is 43.3 Å². The minimum absolute atomic E-state index is 0.268. The number of rotatable bonds is 3. The van der Waals surface area contributed by atoms with Crippen molar-refractivity contribution >= 4 is 5.69 Å². The van der Waals surface area contributed by atoms with E-state index < -0.39 is 0 Å². The zero-order valence-electron chi connectivity index (χ0n) is 10.8. The Hall–Kier alpha value is -2.03. The van der Waals surface area contributed by atoms with Crippen molar-refractivity contribution in [2.75, 3.05) is 26.1 Å². The second-order valence-corrected chi connectivity index (χ2v) is 4.26. The van der Waals surface area contributed by atoms with Crippen molar-refractivity contribution in [1.82, 2.24) is 0 Å². The number of nitrogens with zero attached hydrogens (tertiary/aromatic N) is 1. The van der Waals surface area contributed by atoms with Crippen LogP contribution in [-0.4, -0.2) is 21.2 Å². The molecule has 0 spiro atoms. The van der Waals surface area contributed by atoms with E-state index in [1.165, 1.54) is 7.11 Å². The van der Waals surface area contributed by atoms with Gasteiger partial charge in [-0.05, 0) is 23.8 Å². The number of benzene rings is 2. The van der Waals surface area contributed by atoms with Crippen LogP contribution >= 0.6 is 0 Å². The van der Waals surface area contributed by atoms with E-state index in [0.29, 0.717) is 5.56 Å². The molecule has 0 saturated carbocycles. The summed E-state index contributed by atoms with van der Waals surface area (Å²) in [5.41, 5.74) is 2.48. The first kappa shape index (κ1) is 12.4. The van der Waals surface area contributed by atoms with Gasteiger partial charge in [0.15, 0.2) is 11.6 Å². The lowest BCUT2D eigenvalue weighted by molar-refractivity contribution is 0.387. The van der Waals surface area contributed by atoms with E-state index in [1.54, 1.807) is 18.2 Å². The number of ether oxygens (including phenoxy) is 1. The smallest absolute Gasteiger partial charge is 0.172 e. The second-order valence-electron chi connectivity index (χ2n) is 4.26. The van der Waals surface area contributed by atoms with Crippen LogP contribution in [0.4, 0.5) is 10.1 Å². The Bertz CT molecular complexity index is 535. The molecule has 3 heteroatoms. The van der Waals surface area contributed by atoms with Gasteiger partial charge in [-0.3, -0.25) is 0 Å². The largest absolute Gasteiger partial charge is 0.494 e. The van der Waals surface area contributed by atoms with E-state index in [4.69, 9.17) is 4.74 Å². The summed E-state index contributed by atoms with van der Waals surface area (Å²) >= 11 is 0. The van der Waals surface area contributed by atoms with Crippen LogP contribution in [0.1, 0.15) is 0 Å². The summed E-state index contributed by atoms with van der Waals surface area (Å²) in [5.74, 6) is -0.0539. The molecule has 0 aliphatic heterocycles. The third-order valence-corrected chi connectivity index (χ3v) is 2.88. The molecule has 2 aromatic carbocycles. The van der Waals surface area contributed by atoms with Gasteiger partial charge >= 0.3 is 0 Å². The fourth-order valence-electron chi connectivity index (χ4n) is 1.83. The van der Waals surface area contributed by atoms with E-state index in [2.05, 4.69) is 0 Å². The highest BCUT2D eigenvalue weighted by Gasteiger charge is 2.10. The van der Waals surface area contributed by atoms with Crippen molar-refractivity contribution in [3.63, 3.8) is 0 Å². The number of methoxy groups -OCH3 is 1. The maximum Gasteiger partial charge on any atom is 0.172 e. The number of halogens is 1. The van der Waals surface area contributed by atoms with Gasteiger partial charge in [-0.2, -0.15) is 0 Å². The highest BCUT2D eigenvalue weighted by atomic mass is 19.1. The van der Waals surface area contributed by atoms with Crippen LogP contribution in [0.3, 0.4) is 0 Å². The summed E-state index contributed by atoms with van der Waals surface area (Å²) in [4.78, 5) is 2.01. The standard InChI is InChI=1S/C15H16FNO/c1-17(2)12-9-7-11(8-10-12)13-5-4-6-14(18-3)15(13)16/h4-10H,1-3H3. The Labute approximate surface area is 107 Å². The number of hydrogen-bond donors (Lipinski definition) is 0. The summed E-state index contributed by atoms with van der Waals surface area (Å²) in [7, 11) is 5.42. The number of anilines is 1. The summed E-state index contributed by atoms with van der Waals surface area (Å²) in [5, 5.41) is 0. The molecular formula is C15H16FNO. The zero-order valence-corrected chi connectivity index (χ0v) is 10.8. The Kier molecular flexibility index (Phi) is 3.51. The highest BCUT2D eigenvalue weighted by molar-refractivity contribution is 5.68. The van der Waals surface area contributed by atoms with Crippen LogP contribution < -0.4 is 9.64 Å². The Balaban J connectivity index is 2.43. The van der Waals surface area contributed by atoms with Crippen molar-refractivity contribution < 1.29 is 9.13 Å². The molecule has 0 radical (unpaired) electrons. The van der Waals surface area contributed by atoms with Crippen LogP contribution in [0.15, 0.2) is 42.5 Å². The maximum atomic E-state index is 14.1. The van der Waals surface area contributed by atoms with Crippen LogP contribution in [-0.2, 0) is 0 Å². The molecule has 2 aromatic rings. The molecule has 0 aliphatic rings. The molecule has 94 valence electrons. The Morgan fingerprint density at radius 1 is 1.00 bits per heavy atom. The molecule has 0 fully saturated rings. The summed E-state index contributed by atoms with van der Waals surface area (Å²) in [6.07, 6.45) is 0. The molecule has 0 unspecified atom stereocenters. The molecular weight excluding hydrogens is 229 g/mol. The number of hydrogen-bond acceptors (Lipinski definition) is 2. The average molecular weight is 245 g/mol. The topological polar surface area (TPSA) is 12.5 Å². The van der Waals surface area contributed by atoms with E-state index in [-0.39, 0.29) is 11.6 Å². The van der Waals surface area contributed by atoms with E-state index >= 15 is 0 Å². The third kappa shape index (κ3) is 2.30. The first-order chi connectivity index (χ1) is 8.63.